The van der Waals surface area contributed by atoms with Gasteiger partial charge in [-0.05, 0) is 12.8 Å². The van der Waals surface area contributed by atoms with Crippen LogP contribution >= 0.6 is 0 Å². The van der Waals surface area contributed by atoms with Gasteiger partial charge in [0, 0.05) is 26.2 Å². The van der Waals surface area contributed by atoms with Crippen LogP contribution in [0.4, 0.5) is 0 Å². The Bertz CT molecular complexity index is 292. The molecule has 110 valence electrons. The third-order valence-electron chi connectivity index (χ3n) is 4.30. The zero-order valence-corrected chi connectivity index (χ0v) is 11.9. The molecular formula is C14H26N2O3. The van der Waals surface area contributed by atoms with Crippen molar-refractivity contribution in [3.8, 4) is 0 Å². The van der Waals surface area contributed by atoms with Crippen molar-refractivity contribution in [3.63, 3.8) is 0 Å². The molecule has 1 heterocycles. The van der Waals surface area contributed by atoms with Gasteiger partial charge in [0.25, 0.3) is 0 Å². The Morgan fingerprint density at radius 2 is 2.11 bits per heavy atom. The molecular weight excluding hydrogens is 244 g/mol. The van der Waals surface area contributed by atoms with E-state index >= 15 is 0 Å². The highest BCUT2D eigenvalue weighted by atomic mass is 16.5. The number of rotatable bonds is 4. The summed E-state index contributed by atoms with van der Waals surface area (Å²) in [6.45, 7) is 2.52. The predicted molar refractivity (Wildman–Crippen MR) is 72.9 cm³/mol. The van der Waals surface area contributed by atoms with Crippen LogP contribution in [0.1, 0.15) is 32.1 Å². The van der Waals surface area contributed by atoms with Crippen molar-refractivity contribution >= 4 is 5.91 Å². The number of amides is 1. The first-order chi connectivity index (χ1) is 9.20. The summed E-state index contributed by atoms with van der Waals surface area (Å²) in [6, 6.07) is 0.427. The highest BCUT2D eigenvalue weighted by Gasteiger charge is 2.26. The standard InChI is InChI=1S/C14H26N2O3/c1-15(12-5-3-2-4-6-12)14(18)10-16-7-8-19-13(9-16)11-17/h12-13,17H,2-11H2,1H3. The Hall–Kier alpha value is -0.650. The minimum atomic E-state index is -0.137. The van der Waals surface area contributed by atoms with Gasteiger partial charge in [-0.1, -0.05) is 19.3 Å². The first kappa shape index (κ1) is 14.8. The molecule has 2 rings (SSSR count). The normalized spacial score (nSPS) is 26.3. The molecule has 0 bridgehead atoms. The number of likely N-dealkylation sites (N-methyl/N-ethyl adjacent to an activating group) is 1. The Morgan fingerprint density at radius 1 is 1.37 bits per heavy atom. The van der Waals surface area contributed by atoms with E-state index in [1.165, 1.54) is 19.3 Å². The third kappa shape index (κ3) is 4.16. The van der Waals surface area contributed by atoms with Gasteiger partial charge in [0.1, 0.15) is 0 Å². The summed E-state index contributed by atoms with van der Waals surface area (Å²) < 4.78 is 5.40. The molecule has 19 heavy (non-hydrogen) atoms. The summed E-state index contributed by atoms with van der Waals surface area (Å²) in [5, 5.41) is 9.11. The number of nitrogens with zero attached hydrogens (tertiary/aromatic N) is 2. The van der Waals surface area contributed by atoms with Gasteiger partial charge >= 0.3 is 0 Å². The van der Waals surface area contributed by atoms with Gasteiger partial charge in [-0.3, -0.25) is 9.69 Å². The molecule has 5 nitrogen and oxygen atoms in total. The lowest BCUT2D eigenvalue weighted by Gasteiger charge is -2.35. The number of hydrogen-bond acceptors (Lipinski definition) is 4. The molecule has 2 fully saturated rings. The van der Waals surface area contributed by atoms with Crippen LogP contribution in [0, 0.1) is 0 Å². The molecule has 1 aliphatic carbocycles. The number of ether oxygens (including phenoxy) is 1. The van der Waals surface area contributed by atoms with Gasteiger partial charge in [-0.2, -0.15) is 0 Å². The van der Waals surface area contributed by atoms with Gasteiger partial charge in [-0.15, -0.1) is 0 Å². The molecule has 0 radical (unpaired) electrons. The third-order valence-corrected chi connectivity index (χ3v) is 4.30. The second-order valence-corrected chi connectivity index (χ2v) is 5.71. The van der Waals surface area contributed by atoms with Crippen molar-refractivity contribution < 1.29 is 14.6 Å². The van der Waals surface area contributed by atoms with Crippen molar-refractivity contribution in [2.75, 3.05) is 39.9 Å². The molecule has 5 heteroatoms. The van der Waals surface area contributed by atoms with Crippen LogP contribution in [0.15, 0.2) is 0 Å². The minimum Gasteiger partial charge on any atom is -0.394 e. The number of aliphatic hydroxyl groups excluding tert-OH is 1. The topological polar surface area (TPSA) is 53.0 Å². The average Bonchev–Trinajstić information content (AvgIpc) is 2.47. The zero-order valence-electron chi connectivity index (χ0n) is 11.9. The Balaban J connectivity index is 1.79. The van der Waals surface area contributed by atoms with Crippen LogP contribution in [0.5, 0.6) is 0 Å². The lowest BCUT2D eigenvalue weighted by Crippen LogP contribution is -2.50. The van der Waals surface area contributed by atoms with E-state index in [0.29, 0.717) is 25.7 Å². The van der Waals surface area contributed by atoms with Crippen LogP contribution in [0.2, 0.25) is 0 Å². The molecule has 0 aromatic rings. The largest absolute Gasteiger partial charge is 0.394 e. The van der Waals surface area contributed by atoms with Gasteiger partial charge in [0.05, 0.1) is 25.9 Å². The number of hydrogen-bond donors (Lipinski definition) is 1. The van der Waals surface area contributed by atoms with E-state index in [2.05, 4.69) is 4.90 Å². The average molecular weight is 270 g/mol. The van der Waals surface area contributed by atoms with Crippen LogP contribution in [-0.4, -0.2) is 72.9 Å². The highest BCUT2D eigenvalue weighted by Crippen LogP contribution is 2.21. The molecule has 1 amide bonds. The van der Waals surface area contributed by atoms with Gasteiger partial charge in [0.2, 0.25) is 5.91 Å². The Labute approximate surface area is 115 Å². The van der Waals surface area contributed by atoms with Crippen molar-refractivity contribution in [2.24, 2.45) is 0 Å². The fraction of sp³-hybridized carbons (Fsp3) is 0.929. The van der Waals surface area contributed by atoms with Crippen molar-refractivity contribution in [1.29, 1.82) is 0 Å². The SMILES string of the molecule is CN(C(=O)CN1CCOC(CO)C1)C1CCCCC1. The summed E-state index contributed by atoms with van der Waals surface area (Å²) in [6.07, 6.45) is 5.94. The Kier molecular flexibility index (Phi) is 5.60. The summed E-state index contributed by atoms with van der Waals surface area (Å²) >= 11 is 0. The molecule has 1 saturated carbocycles. The smallest absolute Gasteiger partial charge is 0.236 e. The monoisotopic (exact) mass is 270 g/mol. The minimum absolute atomic E-state index is 0.0309. The van der Waals surface area contributed by atoms with Gasteiger partial charge < -0.3 is 14.7 Å². The lowest BCUT2D eigenvalue weighted by atomic mass is 9.94. The van der Waals surface area contributed by atoms with E-state index < -0.39 is 0 Å². The van der Waals surface area contributed by atoms with E-state index in [4.69, 9.17) is 9.84 Å². The van der Waals surface area contributed by atoms with E-state index in [1.54, 1.807) is 0 Å². The maximum absolute atomic E-state index is 12.3. The molecule has 0 aromatic heterocycles. The second-order valence-electron chi connectivity index (χ2n) is 5.71. The van der Waals surface area contributed by atoms with Crippen molar-refractivity contribution in [2.45, 2.75) is 44.2 Å². The fourth-order valence-electron chi connectivity index (χ4n) is 3.01. The summed E-state index contributed by atoms with van der Waals surface area (Å²) in [4.78, 5) is 16.3. The Morgan fingerprint density at radius 3 is 2.79 bits per heavy atom. The predicted octanol–water partition coefficient (Wildman–Crippen LogP) is 0.471. The second kappa shape index (κ2) is 7.22. The van der Waals surface area contributed by atoms with Gasteiger partial charge in [0.15, 0.2) is 0 Å². The number of carbonyl (C=O) groups excluding carboxylic acids is 1. The molecule has 1 atom stereocenters. The molecule has 1 N–H and O–H groups in total. The molecule has 1 aliphatic heterocycles. The number of morpholine rings is 1. The van der Waals surface area contributed by atoms with E-state index in [9.17, 15) is 4.79 Å². The van der Waals surface area contributed by atoms with Crippen molar-refractivity contribution in [3.05, 3.63) is 0 Å². The van der Waals surface area contributed by atoms with E-state index in [0.717, 1.165) is 19.4 Å². The van der Waals surface area contributed by atoms with Gasteiger partial charge in [-0.25, -0.2) is 0 Å². The van der Waals surface area contributed by atoms with Crippen LogP contribution in [0.3, 0.4) is 0 Å². The lowest BCUT2D eigenvalue weighted by molar-refractivity contribution is -0.136. The summed E-state index contributed by atoms with van der Waals surface area (Å²) in [5.74, 6) is 0.200. The zero-order chi connectivity index (χ0) is 13.7. The maximum Gasteiger partial charge on any atom is 0.236 e. The summed E-state index contributed by atoms with van der Waals surface area (Å²) in [7, 11) is 1.93. The van der Waals surface area contributed by atoms with E-state index in [-0.39, 0.29) is 18.6 Å². The fourth-order valence-corrected chi connectivity index (χ4v) is 3.01. The maximum atomic E-state index is 12.3. The molecule has 0 aromatic carbocycles. The van der Waals surface area contributed by atoms with Crippen LogP contribution in [-0.2, 0) is 9.53 Å². The quantitative estimate of drug-likeness (QED) is 0.807. The van der Waals surface area contributed by atoms with Crippen LogP contribution < -0.4 is 0 Å². The highest BCUT2D eigenvalue weighted by molar-refractivity contribution is 5.78. The van der Waals surface area contributed by atoms with Crippen LogP contribution in [0.25, 0.3) is 0 Å². The molecule has 2 aliphatic rings. The van der Waals surface area contributed by atoms with E-state index in [1.807, 2.05) is 11.9 Å². The summed E-state index contributed by atoms with van der Waals surface area (Å²) in [5.41, 5.74) is 0. The molecule has 1 unspecified atom stereocenters. The number of carbonyl (C=O) groups is 1. The number of aliphatic hydroxyl groups is 1. The first-order valence-electron chi connectivity index (χ1n) is 7.41. The molecule has 0 spiro atoms. The first-order valence-corrected chi connectivity index (χ1v) is 7.41. The molecule has 1 saturated heterocycles. The van der Waals surface area contributed by atoms with Crippen molar-refractivity contribution in [1.82, 2.24) is 9.80 Å².